The summed E-state index contributed by atoms with van der Waals surface area (Å²) < 4.78 is 125. The fraction of sp³-hybridized carbons (Fsp3) is 0.100. The molecule has 0 aliphatic heterocycles. The van der Waals surface area contributed by atoms with Gasteiger partial charge >= 0.3 is 0 Å². The molecule has 21 N–H and O–H groups in total. The summed E-state index contributed by atoms with van der Waals surface area (Å²) in [4.78, 5) is -1.75. The highest BCUT2D eigenvalue weighted by Gasteiger charge is 2.23. The Hall–Kier alpha value is -6.68. The second-order valence-corrected chi connectivity index (χ2v) is 18.5. The van der Waals surface area contributed by atoms with Crippen LogP contribution in [0, 0.1) is 6.92 Å². The van der Waals surface area contributed by atoms with E-state index in [-0.39, 0.29) is 26.3 Å². The van der Waals surface area contributed by atoms with E-state index in [4.69, 9.17) is 58.3 Å². The number of hydrogen-bond acceptors (Lipinski definition) is 17. The third kappa shape index (κ3) is 14.2. The van der Waals surface area contributed by atoms with Crippen molar-refractivity contribution in [2.75, 3.05) is 47.2 Å². The van der Waals surface area contributed by atoms with E-state index in [1.54, 1.807) is 48.5 Å². The maximum atomic E-state index is 11.2. The van der Waals surface area contributed by atoms with Gasteiger partial charge in [-0.25, -0.2) is 0 Å². The zero-order valence-electron chi connectivity index (χ0n) is 35.1. The van der Waals surface area contributed by atoms with Crippen molar-refractivity contribution in [1.29, 1.82) is 0 Å². The molecule has 21 nitrogen and oxygen atoms in total. The van der Waals surface area contributed by atoms with Crippen LogP contribution >= 0.6 is 0 Å². The van der Waals surface area contributed by atoms with Crippen LogP contribution in [0.3, 0.4) is 0 Å². The molecule has 0 amide bonds. The Morgan fingerprint density at radius 3 is 1.40 bits per heavy atom. The van der Waals surface area contributed by atoms with Crippen molar-refractivity contribution >= 4 is 113 Å². The average Bonchev–Trinajstić information content (AvgIpc) is 3.22. The number of rotatable bonds is 4. The Balaban J connectivity index is 0.000000299. The molecule has 0 unspecified atom stereocenters. The van der Waals surface area contributed by atoms with Crippen molar-refractivity contribution in [3.63, 3.8) is 0 Å². The van der Waals surface area contributed by atoms with Gasteiger partial charge < -0.3 is 51.0 Å². The minimum Gasteiger partial charge on any atom is -0.505 e. The highest BCUT2D eigenvalue weighted by atomic mass is 32.2. The van der Waals surface area contributed by atoms with Crippen LogP contribution in [-0.2, 0) is 40.5 Å². The van der Waals surface area contributed by atoms with E-state index < -0.39 is 61.7 Å². The van der Waals surface area contributed by atoms with Crippen LogP contribution in [0.25, 0.3) is 32.3 Å². The van der Waals surface area contributed by atoms with Crippen molar-refractivity contribution in [2.24, 2.45) is 5.73 Å². The first-order chi connectivity index (χ1) is 30.0. The van der Waals surface area contributed by atoms with E-state index in [0.29, 0.717) is 38.6 Å². The Morgan fingerprint density at radius 1 is 0.415 bits per heavy atom. The number of aryl methyl sites for hydroxylation is 1. The van der Waals surface area contributed by atoms with E-state index in [1.807, 2.05) is 32.9 Å². The molecule has 0 heterocycles. The van der Waals surface area contributed by atoms with Gasteiger partial charge in [0.1, 0.15) is 20.4 Å². The fourth-order valence-electron chi connectivity index (χ4n) is 5.58. The predicted octanol–water partition coefficient (Wildman–Crippen LogP) is 4.88. The molecule has 65 heavy (non-hydrogen) atoms. The van der Waals surface area contributed by atoms with Gasteiger partial charge in [0, 0.05) is 50.0 Å². The summed E-state index contributed by atoms with van der Waals surface area (Å²) in [6, 6.07) is 25.0. The summed E-state index contributed by atoms with van der Waals surface area (Å²) in [7, 11) is -16.3. The highest BCUT2D eigenvalue weighted by molar-refractivity contribution is 7.86. The van der Waals surface area contributed by atoms with Crippen molar-refractivity contribution < 1.29 is 57.0 Å². The molecule has 0 aliphatic carbocycles. The number of phenols is 1. The molecule has 352 valence electrons. The third-order valence-corrected chi connectivity index (χ3v) is 12.2. The van der Waals surface area contributed by atoms with Crippen LogP contribution in [0.15, 0.2) is 123 Å². The summed E-state index contributed by atoms with van der Waals surface area (Å²) in [5.41, 5.74) is 46.5. The number of benzene rings is 7. The molecule has 0 spiro atoms. The molecule has 0 aromatic heterocycles. The largest absolute Gasteiger partial charge is 0.505 e. The molecule has 25 heteroatoms. The van der Waals surface area contributed by atoms with Gasteiger partial charge in [0.25, 0.3) is 40.5 Å². The maximum absolute atomic E-state index is 11.2. The van der Waals surface area contributed by atoms with Gasteiger partial charge in [-0.05, 0) is 109 Å². The summed E-state index contributed by atoms with van der Waals surface area (Å²) in [5.74, 6) is -0.686. The monoisotopic (exact) mass is 978 g/mol. The van der Waals surface area contributed by atoms with Crippen LogP contribution in [0.2, 0.25) is 0 Å². The highest BCUT2D eigenvalue weighted by Crippen LogP contribution is 2.39. The van der Waals surface area contributed by atoms with E-state index in [9.17, 15) is 38.8 Å². The van der Waals surface area contributed by atoms with Crippen LogP contribution in [-0.4, -0.2) is 64.0 Å². The molecule has 0 fully saturated rings. The minimum atomic E-state index is -4.73. The molecular weight excluding hydrogens is 929 g/mol. The van der Waals surface area contributed by atoms with Crippen LogP contribution < -0.4 is 45.9 Å². The SMILES string of the molecule is CC.CN.Cc1cc(N)ccc1N.Nc1cc2c(O)c(N)c(S(=O)(=O)O)cc2cc1S(=O)(=O)O.Nc1ccc(N)c2cc(S(=O)(=O)O)ccc12.Nc1ccc2c(S(=O)(=O)O)cccc2c1. The van der Waals surface area contributed by atoms with E-state index >= 15 is 0 Å². The molecule has 7 rings (SSSR count). The van der Waals surface area contributed by atoms with Gasteiger partial charge in [-0.1, -0.05) is 38.1 Å². The van der Waals surface area contributed by atoms with Crippen molar-refractivity contribution in [3.8, 4) is 5.75 Å². The first-order valence-corrected chi connectivity index (χ1v) is 24.1. The van der Waals surface area contributed by atoms with Crippen LogP contribution in [0.5, 0.6) is 5.75 Å². The second kappa shape index (κ2) is 21.8. The molecule has 0 atom stereocenters. The maximum Gasteiger partial charge on any atom is 0.296 e. The number of nitrogen functional groups attached to an aromatic ring is 7. The van der Waals surface area contributed by atoms with E-state index in [0.717, 1.165) is 35.1 Å². The minimum absolute atomic E-state index is 0.0372. The summed E-state index contributed by atoms with van der Waals surface area (Å²) in [6.45, 7) is 5.94. The summed E-state index contributed by atoms with van der Waals surface area (Å²) in [5, 5.41) is 12.0. The predicted molar refractivity (Wildman–Crippen MR) is 256 cm³/mol. The van der Waals surface area contributed by atoms with Crippen molar-refractivity contribution in [3.05, 3.63) is 109 Å². The van der Waals surface area contributed by atoms with Gasteiger partial charge in [-0.3, -0.25) is 18.2 Å². The Labute approximate surface area is 375 Å². The lowest BCUT2D eigenvalue weighted by molar-refractivity contribution is 0.473. The topological polar surface area (TPSA) is 446 Å². The molecular formula is C40H50N8O13S4. The number of hydrogen-bond donors (Lipinski definition) is 13. The smallest absolute Gasteiger partial charge is 0.296 e. The van der Waals surface area contributed by atoms with Gasteiger partial charge in [0.2, 0.25) is 0 Å². The number of phenolic OH excluding ortho intramolecular Hbond substituents is 1. The number of aromatic hydroxyl groups is 1. The third-order valence-electron chi connectivity index (χ3n) is 8.59. The molecule has 7 aromatic rings. The Morgan fingerprint density at radius 2 is 0.892 bits per heavy atom. The quantitative estimate of drug-likeness (QED) is 0.0634. The fourth-order valence-corrected chi connectivity index (χ4v) is 8.09. The second-order valence-electron chi connectivity index (χ2n) is 13.0. The Kier molecular flexibility index (Phi) is 18.3. The van der Waals surface area contributed by atoms with Gasteiger partial charge in [-0.15, -0.1) is 0 Å². The molecule has 0 radical (unpaired) electrons. The standard InChI is InChI=1S/C10H10N2O7S2.C10H10N2O3S.C10H9NO3S.C7H10N2.C2H6.CH5N/c11-6-3-5-4(1-7(6)20(14,15)16)2-8(21(17,18)19)9(12)10(5)13;11-9-3-4-10(12)8-5-6(16(13,14)15)1-2-7(8)9;11-8-4-5-9-7(6-8)2-1-3-10(9)15(12,13)14;1-5-4-6(8)2-3-7(5)9;2*1-2/h1-3,13H,11-12H2,(H,14,15,16)(H,17,18,19);1-5H,11-12H2,(H,13,14,15);1-6H,11H2,(H,12,13,14);2-4H,8-9H2,1H3;1-2H3;2H2,1H3. The molecule has 0 saturated carbocycles. The molecule has 0 aliphatic rings. The number of nitrogens with two attached hydrogens (primary N) is 8. The van der Waals surface area contributed by atoms with Crippen molar-refractivity contribution in [2.45, 2.75) is 40.4 Å². The molecule has 7 aromatic carbocycles. The average molecular weight is 979 g/mol. The van der Waals surface area contributed by atoms with Gasteiger partial charge in [-0.2, -0.15) is 33.7 Å². The number of fused-ring (bicyclic) bond motifs is 3. The molecule has 0 bridgehead atoms. The lowest BCUT2D eigenvalue weighted by atomic mass is 10.1. The molecule has 0 saturated heterocycles. The summed E-state index contributed by atoms with van der Waals surface area (Å²) >= 11 is 0. The van der Waals surface area contributed by atoms with Gasteiger partial charge in [0.15, 0.2) is 0 Å². The van der Waals surface area contributed by atoms with Gasteiger partial charge in [0.05, 0.1) is 16.3 Å². The van der Waals surface area contributed by atoms with Crippen LogP contribution in [0.4, 0.5) is 39.8 Å². The van der Waals surface area contributed by atoms with E-state index in [2.05, 4.69) is 5.73 Å². The lowest BCUT2D eigenvalue weighted by Crippen LogP contribution is -2.06. The van der Waals surface area contributed by atoms with Crippen LogP contribution in [0.1, 0.15) is 19.4 Å². The summed E-state index contributed by atoms with van der Waals surface area (Å²) in [6.07, 6.45) is 0. The lowest BCUT2D eigenvalue weighted by Gasteiger charge is -2.11. The first-order valence-electron chi connectivity index (χ1n) is 18.3. The normalized spacial score (nSPS) is 11.2. The first kappa shape index (κ1) is 54.5. The zero-order chi connectivity index (χ0) is 50.0. The van der Waals surface area contributed by atoms with Crippen molar-refractivity contribution in [1.82, 2.24) is 0 Å². The number of anilines is 7. The zero-order valence-corrected chi connectivity index (χ0v) is 38.3. The van der Waals surface area contributed by atoms with E-state index in [1.165, 1.54) is 31.3 Å². The Bertz CT molecular complexity index is 3310.